The second kappa shape index (κ2) is 10.2. The number of hydrogen-bond donors (Lipinski definition) is 1. The molecule has 0 bridgehead atoms. The van der Waals surface area contributed by atoms with Crippen molar-refractivity contribution in [3.05, 3.63) is 23.8 Å². The molecule has 0 spiro atoms. The molecular formula is C21H32N4O3. The molecule has 1 N–H and O–H groups in total. The molecule has 2 aromatic heterocycles. The van der Waals surface area contributed by atoms with E-state index in [9.17, 15) is 9.59 Å². The van der Waals surface area contributed by atoms with Gasteiger partial charge in [0.05, 0.1) is 17.8 Å². The average molecular weight is 389 g/mol. The van der Waals surface area contributed by atoms with Crippen LogP contribution in [0.5, 0.6) is 0 Å². The van der Waals surface area contributed by atoms with Gasteiger partial charge in [-0.3, -0.25) is 9.78 Å². The van der Waals surface area contributed by atoms with Crippen molar-refractivity contribution >= 4 is 22.9 Å². The molecular weight excluding hydrogens is 356 g/mol. The molecule has 1 atom stereocenters. The molecule has 1 amide bonds. The van der Waals surface area contributed by atoms with Crippen LogP contribution < -0.4 is 0 Å². The Kier molecular flexibility index (Phi) is 7.96. The molecule has 0 aliphatic rings. The maximum absolute atomic E-state index is 12.6. The highest BCUT2D eigenvalue weighted by molar-refractivity contribution is 5.84. The fourth-order valence-electron chi connectivity index (χ4n) is 3.31. The number of carbonyl (C=O) groups excluding carboxylic acids is 2. The molecule has 0 radical (unpaired) electrons. The maximum Gasteiger partial charge on any atom is 0.328 e. The number of hydrogen-bond acceptors (Lipinski definition) is 5. The molecule has 2 rings (SSSR count). The number of nitrogens with zero attached hydrogens (tertiary/aromatic N) is 3. The SMILES string of the molecule is CCOC(=O)[C@H](CC(C)C)N(C)C(=O)CCCCc1nccc2[nH]c(C)nc12. The predicted molar refractivity (Wildman–Crippen MR) is 109 cm³/mol. The van der Waals surface area contributed by atoms with Gasteiger partial charge < -0.3 is 14.6 Å². The molecule has 0 aliphatic heterocycles. The van der Waals surface area contributed by atoms with Crippen LogP contribution in [0.15, 0.2) is 12.3 Å². The number of unbranched alkanes of at least 4 members (excludes halogenated alkanes) is 1. The Labute approximate surface area is 166 Å². The smallest absolute Gasteiger partial charge is 0.328 e. The third-order valence-corrected chi connectivity index (χ3v) is 4.76. The van der Waals surface area contributed by atoms with Crippen LogP contribution in [-0.4, -0.2) is 51.4 Å². The van der Waals surface area contributed by atoms with E-state index in [4.69, 9.17) is 4.74 Å². The second-order valence-corrected chi connectivity index (χ2v) is 7.59. The third kappa shape index (κ3) is 5.78. The molecule has 0 aliphatic carbocycles. The largest absolute Gasteiger partial charge is 0.464 e. The number of likely N-dealkylation sites (N-methyl/N-ethyl adjacent to an activating group) is 1. The van der Waals surface area contributed by atoms with Gasteiger partial charge in [-0.25, -0.2) is 9.78 Å². The Morgan fingerprint density at radius 3 is 2.71 bits per heavy atom. The van der Waals surface area contributed by atoms with Gasteiger partial charge in [0, 0.05) is 19.7 Å². The van der Waals surface area contributed by atoms with Crippen LogP contribution in [0.3, 0.4) is 0 Å². The fourth-order valence-corrected chi connectivity index (χ4v) is 3.31. The zero-order chi connectivity index (χ0) is 20.7. The normalized spacial score (nSPS) is 12.4. The lowest BCUT2D eigenvalue weighted by Crippen LogP contribution is -2.44. The van der Waals surface area contributed by atoms with Gasteiger partial charge in [-0.2, -0.15) is 0 Å². The number of aromatic nitrogens is 3. The van der Waals surface area contributed by atoms with Crippen LogP contribution in [0.2, 0.25) is 0 Å². The quantitative estimate of drug-likeness (QED) is 0.498. The molecule has 154 valence electrons. The Bertz CT molecular complexity index is 800. The molecule has 7 heteroatoms. The molecule has 2 aromatic rings. The highest BCUT2D eigenvalue weighted by atomic mass is 16.5. The lowest BCUT2D eigenvalue weighted by atomic mass is 10.0. The zero-order valence-electron chi connectivity index (χ0n) is 17.6. The summed E-state index contributed by atoms with van der Waals surface area (Å²) in [6, 6.07) is 1.40. The number of fused-ring (bicyclic) bond motifs is 1. The van der Waals surface area contributed by atoms with Crippen molar-refractivity contribution < 1.29 is 14.3 Å². The van der Waals surface area contributed by atoms with Crippen LogP contribution in [0.1, 0.15) is 58.0 Å². The van der Waals surface area contributed by atoms with Crippen LogP contribution in [0.25, 0.3) is 11.0 Å². The standard InChI is InChI=1S/C21H32N4O3/c1-6-28-21(27)18(13-14(2)3)25(5)19(26)10-8-7-9-16-20-17(11-12-22-16)23-15(4)24-20/h11-12,14,18H,6-10,13H2,1-5H3,(H,23,24)/t18-/m0/s1. The summed E-state index contributed by atoms with van der Waals surface area (Å²) >= 11 is 0. The molecule has 0 saturated carbocycles. The van der Waals surface area contributed by atoms with Crippen molar-refractivity contribution in [3.63, 3.8) is 0 Å². The van der Waals surface area contributed by atoms with Gasteiger partial charge in [0.15, 0.2) is 0 Å². The van der Waals surface area contributed by atoms with Gasteiger partial charge in [0.2, 0.25) is 5.91 Å². The first-order chi connectivity index (χ1) is 13.3. The van der Waals surface area contributed by atoms with Crippen LogP contribution in [-0.2, 0) is 20.7 Å². The Morgan fingerprint density at radius 2 is 2.04 bits per heavy atom. The van der Waals surface area contributed by atoms with E-state index in [2.05, 4.69) is 15.0 Å². The highest BCUT2D eigenvalue weighted by Gasteiger charge is 2.28. The first kappa shape index (κ1) is 21.9. The van der Waals surface area contributed by atoms with Crippen molar-refractivity contribution in [1.82, 2.24) is 19.9 Å². The second-order valence-electron chi connectivity index (χ2n) is 7.59. The Balaban J connectivity index is 1.88. The minimum Gasteiger partial charge on any atom is -0.464 e. The van der Waals surface area contributed by atoms with E-state index in [1.807, 2.05) is 26.8 Å². The molecule has 7 nitrogen and oxygen atoms in total. The molecule has 0 fully saturated rings. The summed E-state index contributed by atoms with van der Waals surface area (Å²) in [4.78, 5) is 38.5. The van der Waals surface area contributed by atoms with E-state index in [0.29, 0.717) is 25.4 Å². The van der Waals surface area contributed by atoms with Crippen molar-refractivity contribution in [2.45, 2.75) is 65.8 Å². The number of esters is 1. The Morgan fingerprint density at radius 1 is 1.29 bits per heavy atom. The van der Waals surface area contributed by atoms with Gasteiger partial charge in [0.25, 0.3) is 0 Å². The molecule has 2 heterocycles. The number of pyridine rings is 1. The van der Waals surface area contributed by atoms with Crippen molar-refractivity contribution in [2.75, 3.05) is 13.7 Å². The van der Waals surface area contributed by atoms with E-state index in [-0.39, 0.29) is 11.9 Å². The van der Waals surface area contributed by atoms with E-state index < -0.39 is 6.04 Å². The van der Waals surface area contributed by atoms with Gasteiger partial charge in [-0.05, 0) is 51.5 Å². The summed E-state index contributed by atoms with van der Waals surface area (Å²) in [5.41, 5.74) is 2.85. The Hall–Kier alpha value is -2.44. The zero-order valence-corrected chi connectivity index (χ0v) is 17.6. The number of H-pyrrole nitrogens is 1. The van der Waals surface area contributed by atoms with Crippen LogP contribution in [0.4, 0.5) is 0 Å². The summed E-state index contributed by atoms with van der Waals surface area (Å²) < 4.78 is 5.15. The third-order valence-electron chi connectivity index (χ3n) is 4.76. The van der Waals surface area contributed by atoms with E-state index >= 15 is 0 Å². The van der Waals surface area contributed by atoms with Crippen molar-refractivity contribution in [3.8, 4) is 0 Å². The van der Waals surface area contributed by atoms with Crippen LogP contribution in [0, 0.1) is 12.8 Å². The van der Waals surface area contributed by atoms with Gasteiger partial charge in [-0.1, -0.05) is 13.8 Å². The number of carbonyl (C=O) groups is 2. The topological polar surface area (TPSA) is 88.2 Å². The molecule has 0 saturated heterocycles. The van der Waals surface area contributed by atoms with Gasteiger partial charge in [0.1, 0.15) is 17.4 Å². The first-order valence-electron chi connectivity index (χ1n) is 10.1. The first-order valence-corrected chi connectivity index (χ1v) is 10.1. The maximum atomic E-state index is 12.6. The molecule has 0 aromatic carbocycles. The van der Waals surface area contributed by atoms with Crippen molar-refractivity contribution in [1.29, 1.82) is 0 Å². The minimum absolute atomic E-state index is 0.0273. The number of amides is 1. The number of aromatic amines is 1. The molecule has 28 heavy (non-hydrogen) atoms. The summed E-state index contributed by atoms with van der Waals surface area (Å²) in [6.45, 7) is 8.10. The van der Waals surface area contributed by atoms with Crippen molar-refractivity contribution in [2.24, 2.45) is 5.92 Å². The number of aryl methyl sites for hydroxylation is 2. The number of nitrogens with one attached hydrogen (secondary N) is 1. The number of rotatable bonds is 10. The monoisotopic (exact) mass is 388 g/mol. The molecule has 0 unspecified atom stereocenters. The minimum atomic E-state index is -0.519. The summed E-state index contributed by atoms with van der Waals surface area (Å²) in [7, 11) is 1.70. The lowest BCUT2D eigenvalue weighted by molar-refractivity contribution is -0.154. The number of imidazole rings is 1. The predicted octanol–water partition coefficient (Wildman–Crippen LogP) is 3.42. The highest BCUT2D eigenvalue weighted by Crippen LogP contribution is 2.18. The van der Waals surface area contributed by atoms with E-state index in [1.165, 1.54) is 0 Å². The average Bonchev–Trinajstić information content (AvgIpc) is 3.03. The van der Waals surface area contributed by atoms with Gasteiger partial charge in [-0.15, -0.1) is 0 Å². The number of ether oxygens (including phenoxy) is 1. The van der Waals surface area contributed by atoms with Crippen LogP contribution >= 0.6 is 0 Å². The van der Waals surface area contributed by atoms with Gasteiger partial charge >= 0.3 is 5.97 Å². The van der Waals surface area contributed by atoms with E-state index in [1.54, 1.807) is 25.1 Å². The summed E-state index contributed by atoms with van der Waals surface area (Å²) in [5, 5.41) is 0. The fraction of sp³-hybridized carbons (Fsp3) is 0.619. The lowest BCUT2D eigenvalue weighted by Gasteiger charge is -2.27. The summed E-state index contributed by atoms with van der Waals surface area (Å²) in [5.74, 6) is 0.821. The summed E-state index contributed by atoms with van der Waals surface area (Å²) in [6.07, 6.45) is 5.13. The van der Waals surface area contributed by atoms with E-state index in [0.717, 1.165) is 41.8 Å².